The number of unbranched alkanes of at least 4 members (excludes halogenated alkanes) is 1. The Morgan fingerprint density at radius 3 is 2.67 bits per heavy atom. The number of nitrogens with two attached hydrogens (primary N) is 1. The van der Waals surface area contributed by atoms with Gasteiger partial charge in [0.25, 0.3) is 0 Å². The van der Waals surface area contributed by atoms with Gasteiger partial charge in [0.05, 0.1) is 5.75 Å². The zero-order valence-corrected chi connectivity index (χ0v) is 10.3. The molecular formula is C10H22N2O2S. The van der Waals surface area contributed by atoms with Gasteiger partial charge in [-0.3, -0.25) is 0 Å². The number of hydrogen-bond acceptors (Lipinski definition) is 3. The Hall–Kier alpha value is -0.130. The van der Waals surface area contributed by atoms with Gasteiger partial charge in [-0.1, -0.05) is 13.3 Å². The van der Waals surface area contributed by atoms with Crippen LogP contribution in [0, 0.1) is 5.92 Å². The Balaban J connectivity index is 2.41. The molecule has 1 saturated heterocycles. The van der Waals surface area contributed by atoms with E-state index in [2.05, 4.69) is 6.92 Å². The molecule has 0 amide bonds. The summed E-state index contributed by atoms with van der Waals surface area (Å²) in [5.41, 5.74) is 5.35. The van der Waals surface area contributed by atoms with Gasteiger partial charge in [-0.25, -0.2) is 12.7 Å². The van der Waals surface area contributed by atoms with Crippen LogP contribution in [-0.2, 0) is 10.0 Å². The van der Waals surface area contributed by atoms with E-state index in [1.807, 2.05) is 0 Å². The second kappa shape index (κ2) is 5.82. The van der Waals surface area contributed by atoms with Crippen molar-refractivity contribution < 1.29 is 8.42 Å². The maximum atomic E-state index is 11.9. The number of sulfonamides is 1. The molecule has 0 aromatic carbocycles. The van der Waals surface area contributed by atoms with E-state index >= 15 is 0 Å². The molecule has 0 spiro atoms. The summed E-state index contributed by atoms with van der Waals surface area (Å²) in [6, 6.07) is 0. The summed E-state index contributed by atoms with van der Waals surface area (Å²) in [6.45, 7) is 4.13. The predicted octanol–water partition coefficient (Wildman–Crippen LogP) is 0.787. The summed E-state index contributed by atoms with van der Waals surface area (Å²) in [7, 11) is -3.00. The lowest BCUT2D eigenvalue weighted by molar-refractivity contribution is 0.451. The third-order valence-corrected chi connectivity index (χ3v) is 5.00. The second-order valence-corrected chi connectivity index (χ2v) is 6.32. The molecule has 0 aromatic rings. The van der Waals surface area contributed by atoms with E-state index < -0.39 is 10.0 Å². The molecule has 1 fully saturated rings. The van der Waals surface area contributed by atoms with Crippen LogP contribution in [0.1, 0.15) is 32.6 Å². The summed E-state index contributed by atoms with van der Waals surface area (Å²) < 4.78 is 25.4. The molecule has 0 saturated carbocycles. The predicted molar refractivity (Wildman–Crippen MR) is 62.0 cm³/mol. The average Bonchev–Trinajstić information content (AvgIpc) is 2.66. The third kappa shape index (κ3) is 3.74. The molecule has 2 N–H and O–H groups in total. The molecule has 0 aromatic heterocycles. The van der Waals surface area contributed by atoms with Crippen LogP contribution in [0.25, 0.3) is 0 Å². The first kappa shape index (κ1) is 12.9. The zero-order chi connectivity index (χ0) is 11.3. The van der Waals surface area contributed by atoms with Gasteiger partial charge >= 0.3 is 0 Å². The SMILES string of the molecule is CCC1CCN(S(=O)(=O)CCCCN)C1. The molecule has 1 aliphatic rings. The molecule has 4 nitrogen and oxygen atoms in total. The molecule has 0 radical (unpaired) electrons. The molecule has 0 aliphatic carbocycles. The lowest BCUT2D eigenvalue weighted by Gasteiger charge is -2.16. The van der Waals surface area contributed by atoms with Gasteiger partial charge in [-0.15, -0.1) is 0 Å². The molecule has 90 valence electrons. The first-order valence-electron chi connectivity index (χ1n) is 5.78. The average molecular weight is 234 g/mol. The van der Waals surface area contributed by atoms with Crippen molar-refractivity contribution >= 4 is 10.0 Å². The van der Waals surface area contributed by atoms with Crippen LogP contribution in [0.4, 0.5) is 0 Å². The van der Waals surface area contributed by atoms with Crippen molar-refractivity contribution in [3.05, 3.63) is 0 Å². The first-order chi connectivity index (χ1) is 7.10. The van der Waals surface area contributed by atoms with E-state index in [1.54, 1.807) is 4.31 Å². The Bertz CT molecular complexity index is 277. The van der Waals surface area contributed by atoms with Crippen molar-refractivity contribution in [1.29, 1.82) is 0 Å². The van der Waals surface area contributed by atoms with Crippen molar-refractivity contribution in [1.82, 2.24) is 4.31 Å². The van der Waals surface area contributed by atoms with Gasteiger partial charge in [-0.2, -0.15) is 0 Å². The highest BCUT2D eigenvalue weighted by Crippen LogP contribution is 2.22. The van der Waals surface area contributed by atoms with Crippen molar-refractivity contribution in [2.24, 2.45) is 11.7 Å². The Labute approximate surface area is 92.9 Å². The monoisotopic (exact) mass is 234 g/mol. The molecule has 5 heteroatoms. The Morgan fingerprint density at radius 2 is 2.13 bits per heavy atom. The summed E-state index contributed by atoms with van der Waals surface area (Å²) in [5.74, 6) is 0.829. The summed E-state index contributed by atoms with van der Waals surface area (Å²) in [5, 5.41) is 0. The highest BCUT2D eigenvalue weighted by atomic mass is 32.2. The standard InChI is InChI=1S/C10H22N2O2S/c1-2-10-5-7-12(9-10)15(13,14)8-4-3-6-11/h10H,2-9,11H2,1H3. The fourth-order valence-electron chi connectivity index (χ4n) is 1.94. The Morgan fingerprint density at radius 1 is 1.40 bits per heavy atom. The normalized spacial score (nSPS) is 23.5. The molecule has 1 unspecified atom stereocenters. The summed E-state index contributed by atoms with van der Waals surface area (Å²) in [4.78, 5) is 0. The van der Waals surface area contributed by atoms with Crippen molar-refractivity contribution in [3.8, 4) is 0 Å². The molecule has 1 rings (SSSR count). The molecule has 1 heterocycles. The minimum absolute atomic E-state index is 0.265. The van der Waals surface area contributed by atoms with E-state index in [9.17, 15) is 8.42 Å². The number of rotatable bonds is 6. The van der Waals surface area contributed by atoms with Gasteiger partial charge < -0.3 is 5.73 Å². The van der Waals surface area contributed by atoms with Crippen LogP contribution >= 0.6 is 0 Å². The van der Waals surface area contributed by atoms with E-state index in [4.69, 9.17) is 5.73 Å². The van der Waals surface area contributed by atoms with Gasteiger partial charge in [0, 0.05) is 13.1 Å². The molecule has 1 atom stereocenters. The molecular weight excluding hydrogens is 212 g/mol. The topological polar surface area (TPSA) is 63.4 Å². The highest BCUT2D eigenvalue weighted by Gasteiger charge is 2.29. The first-order valence-corrected chi connectivity index (χ1v) is 7.39. The van der Waals surface area contributed by atoms with Crippen LogP contribution in [0.5, 0.6) is 0 Å². The maximum Gasteiger partial charge on any atom is 0.214 e. The quantitative estimate of drug-likeness (QED) is 0.691. The van der Waals surface area contributed by atoms with E-state index in [1.165, 1.54) is 0 Å². The lowest BCUT2D eigenvalue weighted by atomic mass is 10.1. The van der Waals surface area contributed by atoms with E-state index in [0.29, 0.717) is 25.4 Å². The van der Waals surface area contributed by atoms with Crippen LogP contribution in [0.3, 0.4) is 0 Å². The fourth-order valence-corrected chi connectivity index (χ4v) is 3.59. The third-order valence-electron chi connectivity index (χ3n) is 3.08. The maximum absolute atomic E-state index is 11.9. The summed E-state index contributed by atoms with van der Waals surface area (Å²) in [6.07, 6.45) is 3.58. The number of hydrogen-bond donors (Lipinski definition) is 1. The summed E-state index contributed by atoms with van der Waals surface area (Å²) >= 11 is 0. The molecule has 1 aliphatic heterocycles. The molecule has 0 bridgehead atoms. The number of nitrogens with zero attached hydrogens (tertiary/aromatic N) is 1. The van der Waals surface area contributed by atoms with E-state index in [-0.39, 0.29) is 5.75 Å². The fraction of sp³-hybridized carbons (Fsp3) is 1.00. The van der Waals surface area contributed by atoms with Crippen LogP contribution in [0.2, 0.25) is 0 Å². The second-order valence-electron chi connectivity index (χ2n) is 4.23. The smallest absolute Gasteiger partial charge is 0.214 e. The van der Waals surface area contributed by atoms with Gasteiger partial charge in [-0.05, 0) is 31.7 Å². The van der Waals surface area contributed by atoms with Gasteiger partial charge in [0.15, 0.2) is 0 Å². The van der Waals surface area contributed by atoms with Crippen LogP contribution in [0.15, 0.2) is 0 Å². The largest absolute Gasteiger partial charge is 0.330 e. The van der Waals surface area contributed by atoms with Crippen LogP contribution in [-0.4, -0.2) is 38.1 Å². The van der Waals surface area contributed by atoms with Crippen molar-refractivity contribution in [2.45, 2.75) is 32.6 Å². The van der Waals surface area contributed by atoms with Gasteiger partial charge in [0.1, 0.15) is 0 Å². The van der Waals surface area contributed by atoms with Crippen molar-refractivity contribution in [3.63, 3.8) is 0 Å². The lowest BCUT2D eigenvalue weighted by Crippen LogP contribution is -2.31. The minimum Gasteiger partial charge on any atom is -0.330 e. The van der Waals surface area contributed by atoms with E-state index in [0.717, 1.165) is 25.8 Å². The minimum atomic E-state index is -3.00. The molecule has 15 heavy (non-hydrogen) atoms. The van der Waals surface area contributed by atoms with Crippen LogP contribution < -0.4 is 5.73 Å². The van der Waals surface area contributed by atoms with Gasteiger partial charge in [0.2, 0.25) is 10.0 Å². The highest BCUT2D eigenvalue weighted by molar-refractivity contribution is 7.89. The Kier molecular flexibility index (Phi) is 5.02. The van der Waals surface area contributed by atoms with Crippen molar-refractivity contribution in [2.75, 3.05) is 25.4 Å². The zero-order valence-electron chi connectivity index (χ0n) is 9.48.